The average Bonchev–Trinajstić information content (AvgIpc) is 2.53. The molecular formula is C15H22N4O. The highest BCUT2D eigenvalue weighted by molar-refractivity contribution is 5.99. The number of anilines is 1. The summed E-state index contributed by atoms with van der Waals surface area (Å²) in [7, 11) is 0. The largest absolute Gasteiger partial charge is 0.336 e. The maximum Gasteiger partial charge on any atom is 0.256 e. The van der Waals surface area contributed by atoms with Crippen molar-refractivity contribution in [3.8, 4) is 0 Å². The molecule has 1 unspecified atom stereocenters. The molecule has 3 rings (SSSR count). The summed E-state index contributed by atoms with van der Waals surface area (Å²) in [5, 5.41) is 0. The number of fused-ring (bicyclic) bond motifs is 1. The van der Waals surface area contributed by atoms with Crippen LogP contribution in [0.1, 0.15) is 29.6 Å². The van der Waals surface area contributed by atoms with Gasteiger partial charge in [-0.3, -0.25) is 15.5 Å². The number of nitrogens with two attached hydrogens (primary N) is 1. The van der Waals surface area contributed by atoms with Gasteiger partial charge in [0.05, 0.1) is 11.3 Å². The number of para-hydroxylation sites is 1. The Morgan fingerprint density at radius 1 is 1.20 bits per heavy atom. The number of nitrogen functional groups attached to an aromatic ring is 1. The number of hydrazine groups is 1. The van der Waals surface area contributed by atoms with E-state index in [2.05, 4.69) is 10.3 Å². The van der Waals surface area contributed by atoms with Crippen molar-refractivity contribution in [2.45, 2.75) is 25.3 Å². The van der Waals surface area contributed by atoms with Crippen LogP contribution in [0.15, 0.2) is 24.3 Å². The normalized spacial score (nSPS) is 23.2. The highest BCUT2D eigenvalue weighted by Gasteiger charge is 2.31. The molecule has 2 aliphatic rings. The van der Waals surface area contributed by atoms with Gasteiger partial charge in [-0.05, 0) is 31.5 Å². The van der Waals surface area contributed by atoms with E-state index >= 15 is 0 Å². The van der Waals surface area contributed by atoms with Gasteiger partial charge < -0.3 is 10.3 Å². The summed E-state index contributed by atoms with van der Waals surface area (Å²) in [5.41, 5.74) is 3.98. The van der Waals surface area contributed by atoms with E-state index < -0.39 is 0 Å². The van der Waals surface area contributed by atoms with Gasteiger partial charge in [-0.25, -0.2) is 0 Å². The SMILES string of the molecule is NNc1ccccc1C(=O)N1CCN2CCCCC2C1. The molecule has 5 heteroatoms. The Labute approximate surface area is 119 Å². The maximum absolute atomic E-state index is 12.7. The third kappa shape index (κ3) is 2.51. The summed E-state index contributed by atoms with van der Waals surface area (Å²) in [5.74, 6) is 5.58. The van der Waals surface area contributed by atoms with Gasteiger partial charge in [0.15, 0.2) is 0 Å². The Morgan fingerprint density at radius 2 is 2.05 bits per heavy atom. The first-order valence-electron chi connectivity index (χ1n) is 7.38. The lowest BCUT2D eigenvalue weighted by atomic mass is 9.99. The highest BCUT2D eigenvalue weighted by atomic mass is 16.2. The molecule has 0 saturated carbocycles. The van der Waals surface area contributed by atoms with E-state index in [-0.39, 0.29) is 5.91 Å². The second-order valence-electron chi connectivity index (χ2n) is 5.63. The number of amides is 1. The summed E-state index contributed by atoms with van der Waals surface area (Å²) < 4.78 is 0. The molecule has 2 fully saturated rings. The lowest BCUT2D eigenvalue weighted by molar-refractivity contribution is 0.0373. The fourth-order valence-corrected chi connectivity index (χ4v) is 3.31. The summed E-state index contributed by atoms with van der Waals surface area (Å²) in [6.07, 6.45) is 3.79. The molecule has 0 aliphatic carbocycles. The number of piperidine rings is 1. The summed E-state index contributed by atoms with van der Waals surface area (Å²) in [6, 6.07) is 7.98. The molecule has 1 atom stereocenters. The predicted octanol–water partition coefficient (Wildman–Crippen LogP) is 1.28. The summed E-state index contributed by atoms with van der Waals surface area (Å²) in [4.78, 5) is 17.2. The van der Waals surface area contributed by atoms with Crippen LogP contribution in [0.25, 0.3) is 0 Å². The molecule has 0 radical (unpaired) electrons. The van der Waals surface area contributed by atoms with Crippen molar-refractivity contribution < 1.29 is 4.79 Å². The van der Waals surface area contributed by atoms with E-state index in [0.717, 1.165) is 19.6 Å². The number of nitrogens with one attached hydrogen (secondary N) is 1. The van der Waals surface area contributed by atoms with Gasteiger partial charge >= 0.3 is 0 Å². The minimum atomic E-state index is 0.0868. The molecule has 5 nitrogen and oxygen atoms in total. The minimum absolute atomic E-state index is 0.0868. The van der Waals surface area contributed by atoms with Gasteiger partial charge in [0, 0.05) is 25.7 Å². The second-order valence-corrected chi connectivity index (χ2v) is 5.63. The Hall–Kier alpha value is -1.59. The first kappa shape index (κ1) is 13.4. The quantitative estimate of drug-likeness (QED) is 0.630. The zero-order chi connectivity index (χ0) is 13.9. The molecule has 20 heavy (non-hydrogen) atoms. The van der Waals surface area contributed by atoms with Gasteiger partial charge in [-0.1, -0.05) is 18.6 Å². The zero-order valence-corrected chi connectivity index (χ0v) is 11.7. The number of nitrogens with zero attached hydrogens (tertiary/aromatic N) is 2. The van der Waals surface area contributed by atoms with Gasteiger partial charge in [0.1, 0.15) is 0 Å². The highest BCUT2D eigenvalue weighted by Crippen LogP contribution is 2.23. The molecule has 2 heterocycles. The third-order valence-corrected chi connectivity index (χ3v) is 4.44. The molecule has 3 N–H and O–H groups in total. The van der Waals surface area contributed by atoms with E-state index in [1.54, 1.807) is 0 Å². The van der Waals surface area contributed by atoms with Crippen LogP contribution in [0.5, 0.6) is 0 Å². The Morgan fingerprint density at radius 3 is 2.90 bits per heavy atom. The monoisotopic (exact) mass is 274 g/mol. The van der Waals surface area contributed by atoms with E-state index in [4.69, 9.17) is 5.84 Å². The summed E-state index contributed by atoms with van der Waals surface area (Å²) >= 11 is 0. The van der Waals surface area contributed by atoms with Gasteiger partial charge in [-0.15, -0.1) is 0 Å². The Balaban J connectivity index is 1.74. The molecule has 0 aromatic heterocycles. The van der Waals surface area contributed by atoms with Crippen molar-refractivity contribution in [1.29, 1.82) is 0 Å². The fourth-order valence-electron chi connectivity index (χ4n) is 3.31. The summed E-state index contributed by atoms with van der Waals surface area (Å²) in [6.45, 7) is 3.84. The van der Waals surface area contributed by atoms with Crippen molar-refractivity contribution in [2.24, 2.45) is 5.84 Å². The van der Waals surface area contributed by atoms with Crippen LogP contribution in [0.4, 0.5) is 5.69 Å². The molecule has 2 saturated heterocycles. The first-order valence-corrected chi connectivity index (χ1v) is 7.38. The topological polar surface area (TPSA) is 61.6 Å². The Kier molecular flexibility index (Phi) is 3.89. The molecule has 0 spiro atoms. The van der Waals surface area contributed by atoms with Crippen molar-refractivity contribution in [1.82, 2.24) is 9.80 Å². The van der Waals surface area contributed by atoms with E-state index in [0.29, 0.717) is 17.3 Å². The molecule has 1 aromatic carbocycles. The molecule has 2 aliphatic heterocycles. The number of piperazine rings is 1. The number of rotatable bonds is 2. The van der Waals surface area contributed by atoms with Crippen molar-refractivity contribution in [2.75, 3.05) is 31.6 Å². The van der Waals surface area contributed by atoms with Crippen LogP contribution >= 0.6 is 0 Å². The number of carbonyl (C=O) groups is 1. The maximum atomic E-state index is 12.7. The van der Waals surface area contributed by atoms with Crippen LogP contribution in [0, 0.1) is 0 Å². The van der Waals surface area contributed by atoms with Crippen LogP contribution in [0.2, 0.25) is 0 Å². The Bertz CT molecular complexity index is 491. The van der Waals surface area contributed by atoms with Crippen molar-refractivity contribution >= 4 is 11.6 Å². The third-order valence-electron chi connectivity index (χ3n) is 4.44. The van der Waals surface area contributed by atoms with E-state index in [9.17, 15) is 4.79 Å². The lowest BCUT2D eigenvalue weighted by Crippen LogP contribution is -2.56. The number of hydrogen-bond donors (Lipinski definition) is 2. The standard InChI is InChI=1S/C15H22N4O/c16-17-14-7-2-1-6-13(14)15(20)19-10-9-18-8-4-3-5-12(18)11-19/h1-2,6-7,12,17H,3-5,8-11,16H2. The van der Waals surface area contributed by atoms with Crippen molar-refractivity contribution in [3.63, 3.8) is 0 Å². The van der Waals surface area contributed by atoms with Crippen LogP contribution in [-0.2, 0) is 0 Å². The fraction of sp³-hybridized carbons (Fsp3) is 0.533. The average molecular weight is 274 g/mol. The minimum Gasteiger partial charge on any atom is -0.336 e. The molecule has 1 aromatic rings. The predicted molar refractivity (Wildman–Crippen MR) is 79.4 cm³/mol. The van der Waals surface area contributed by atoms with Crippen LogP contribution < -0.4 is 11.3 Å². The smallest absolute Gasteiger partial charge is 0.256 e. The molecule has 1 amide bonds. The molecular weight excluding hydrogens is 252 g/mol. The van der Waals surface area contributed by atoms with Gasteiger partial charge in [0.25, 0.3) is 5.91 Å². The number of carbonyl (C=O) groups excluding carboxylic acids is 1. The van der Waals surface area contributed by atoms with E-state index in [1.165, 1.54) is 25.8 Å². The second kappa shape index (κ2) is 5.81. The van der Waals surface area contributed by atoms with Gasteiger partial charge in [-0.2, -0.15) is 0 Å². The van der Waals surface area contributed by atoms with Crippen molar-refractivity contribution in [3.05, 3.63) is 29.8 Å². The zero-order valence-electron chi connectivity index (χ0n) is 11.7. The molecule has 0 bridgehead atoms. The first-order chi connectivity index (χ1) is 9.79. The van der Waals surface area contributed by atoms with Gasteiger partial charge in [0.2, 0.25) is 0 Å². The van der Waals surface area contributed by atoms with E-state index in [1.807, 2.05) is 29.2 Å². The van der Waals surface area contributed by atoms with Crippen LogP contribution in [-0.4, -0.2) is 47.9 Å². The number of benzene rings is 1. The van der Waals surface area contributed by atoms with Crippen LogP contribution in [0.3, 0.4) is 0 Å². The molecule has 108 valence electrons. The lowest BCUT2D eigenvalue weighted by Gasteiger charge is -2.44. The number of hydrogen-bond acceptors (Lipinski definition) is 4.